The van der Waals surface area contributed by atoms with Crippen LogP contribution in [0.1, 0.15) is 37.0 Å². The summed E-state index contributed by atoms with van der Waals surface area (Å²) in [6, 6.07) is 3.58. The Morgan fingerprint density at radius 1 is 1.42 bits per heavy atom. The molecule has 1 amide bonds. The van der Waals surface area contributed by atoms with Crippen molar-refractivity contribution in [2.24, 2.45) is 11.7 Å². The third kappa shape index (κ3) is 3.92. The first-order valence-electron chi connectivity index (χ1n) is 6.52. The number of rotatable bonds is 6. The molecular weight excluding hydrogens is 247 g/mol. The van der Waals surface area contributed by atoms with Gasteiger partial charge in [-0.3, -0.25) is 4.79 Å². The molecule has 1 rings (SSSR count). The van der Waals surface area contributed by atoms with Gasteiger partial charge in [0.2, 0.25) is 0 Å². The van der Waals surface area contributed by atoms with E-state index in [2.05, 4.69) is 5.32 Å². The SMILES string of the molecule is CCC(CC)C(N)CNC(=O)c1c(O)cccc1F. The van der Waals surface area contributed by atoms with Gasteiger partial charge in [-0.25, -0.2) is 4.39 Å². The van der Waals surface area contributed by atoms with Gasteiger partial charge in [-0.1, -0.05) is 32.8 Å². The van der Waals surface area contributed by atoms with Gasteiger partial charge in [0, 0.05) is 12.6 Å². The maximum atomic E-state index is 13.5. The van der Waals surface area contributed by atoms with E-state index >= 15 is 0 Å². The number of phenolic OH excluding ortho intramolecular Hbond substituents is 1. The summed E-state index contributed by atoms with van der Waals surface area (Å²) in [4.78, 5) is 11.8. The van der Waals surface area contributed by atoms with Crippen molar-refractivity contribution in [1.29, 1.82) is 0 Å². The molecule has 0 saturated carbocycles. The van der Waals surface area contributed by atoms with Crippen molar-refractivity contribution in [2.45, 2.75) is 32.7 Å². The highest BCUT2D eigenvalue weighted by molar-refractivity contribution is 5.97. The largest absolute Gasteiger partial charge is 0.507 e. The Kier molecular flexibility index (Phi) is 5.76. The van der Waals surface area contributed by atoms with Crippen molar-refractivity contribution in [3.63, 3.8) is 0 Å². The highest BCUT2D eigenvalue weighted by Crippen LogP contribution is 2.19. The van der Waals surface area contributed by atoms with E-state index in [4.69, 9.17) is 5.73 Å². The first-order valence-corrected chi connectivity index (χ1v) is 6.52. The lowest BCUT2D eigenvalue weighted by atomic mass is 9.95. The fourth-order valence-electron chi connectivity index (χ4n) is 2.10. The summed E-state index contributed by atoms with van der Waals surface area (Å²) >= 11 is 0. The molecule has 0 aliphatic heterocycles. The van der Waals surface area contributed by atoms with Crippen LogP contribution in [-0.4, -0.2) is 23.6 Å². The van der Waals surface area contributed by atoms with E-state index in [1.807, 2.05) is 13.8 Å². The maximum absolute atomic E-state index is 13.5. The molecule has 4 N–H and O–H groups in total. The summed E-state index contributed by atoms with van der Waals surface area (Å²) in [6.45, 7) is 4.34. The second-order valence-electron chi connectivity index (χ2n) is 4.58. The zero-order valence-corrected chi connectivity index (χ0v) is 11.3. The van der Waals surface area contributed by atoms with Gasteiger partial charge in [0.15, 0.2) is 0 Å². The fraction of sp³-hybridized carbons (Fsp3) is 0.500. The molecule has 1 aromatic rings. The first-order chi connectivity index (χ1) is 9.01. The van der Waals surface area contributed by atoms with Crippen molar-refractivity contribution < 1.29 is 14.3 Å². The van der Waals surface area contributed by atoms with Crippen LogP contribution in [0.4, 0.5) is 4.39 Å². The van der Waals surface area contributed by atoms with Gasteiger partial charge in [-0.2, -0.15) is 0 Å². The van der Waals surface area contributed by atoms with Gasteiger partial charge < -0.3 is 16.2 Å². The smallest absolute Gasteiger partial charge is 0.258 e. The van der Waals surface area contributed by atoms with E-state index in [-0.39, 0.29) is 23.9 Å². The van der Waals surface area contributed by atoms with Crippen LogP contribution in [0.15, 0.2) is 18.2 Å². The van der Waals surface area contributed by atoms with Crippen LogP contribution in [0.5, 0.6) is 5.75 Å². The van der Waals surface area contributed by atoms with Gasteiger partial charge in [-0.05, 0) is 18.1 Å². The number of carbonyl (C=O) groups excluding carboxylic acids is 1. The summed E-state index contributed by atoms with van der Waals surface area (Å²) in [5.74, 6) is -1.44. The predicted molar refractivity (Wildman–Crippen MR) is 72.4 cm³/mol. The molecule has 106 valence electrons. The molecule has 1 atom stereocenters. The molecule has 0 bridgehead atoms. The Labute approximate surface area is 112 Å². The Bertz CT molecular complexity index is 413. The Morgan fingerprint density at radius 3 is 2.58 bits per heavy atom. The Morgan fingerprint density at radius 2 is 2.05 bits per heavy atom. The number of nitrogens with two attached hydrogens (primary N) is 1. The highest BCUT2D eigenvalue weighted by atomic mass is 19.1. The minimum Gasteiger partial charge on any atom is -0.507 e. The van der Waals surface area contributed by atoms with Crippen molar-refractivity contribution in [3.05, 3.63) is 29.6 Å². The quantitative estimate of drug-likeness (QED) is 0.739. The lowest BCUT2D eigenvalue weighted by Crippen LogP contribution is -2.42. The molecule has 5 heteroatoms. The molecule has 4 nitrogen and oxygen atoms in total. The molecule has 0 radical (unpaired) electrons. The molecule has 1 aromatic carbocycles. The number of hydrogen-bond donors (Lipinski definition) is 3. The number of carbonyl (C=O) groups is 1. The van der Waals surface area contributed by atoms with Crippen LogP contribution in [0.2, 0.25) is 0 Å². The van der Waals surface area contributed by atoms with Crippen LogP contribution < -0.4 is 11.1 Å². The maximum Gasteiger partial charge on any atom is 0.258 e. The molecule has 0 fully saturated rings. The van der Waals surface area contributed by atoms with E-state index in [1.165, 1.54) is 12.1 Å². The molecular formula is C14H21FN2O2. The van der Waals surface area contributed by atoms with Crippen LogP contribution >= 0.6 is 0 Å². The number of amides is 1. The fourth-order valence-corrected chi connectivity index (χ4v) is 2.10. The number of phenols is 1. The lowest BCUT2D eigenvalue weighted by Gasteiger charge is -2.21. The molecule has 0 saturated heterocycles. The van der Waals surface area contributed by atoms with Gasteiger partial charge >= 0.3 is 0 Å². The number of halogens is 1. The third-order valence-electron chi connectivity index (χ3n) is 3.37. The average molecular weight is 268 g/mol. The summed E-state index contributed by atoms with van der Waals surface area (Å²) in [7, 11) is 0. The molecule has 19 heavy (non-hydrogen) atoms. The lowest BCUT2D eigenvalue weighted by molar-refractivity contribution is 0.0941. The number of hydrogen-bond acceptors (Lipinski definition) is 3. The summed E-state index contributed by atoms with van der Waals surface area (Å²) in [5.41, 5.74) is 5.64. The van der Waals surface area contributed by atoms with Crippen LogP contribution in [0.25, 0.3) is 0 Å². The second kappa shape index (κ2) is 7.09. The van der Waals surface area contributed by atoms with E-state index < -0.39 is 11.7 Å². The Hall–Kier alpha value is -1.62. The monoisotopic (exact) mass is 268 g/mol. The molecule has 0 spiro atoms. The van der Waals surface area contributed by atoms with Crippen molar-refractivity contribution in [2.75, 3.05) is 6.54 Å². The molecule has 0 aliphatic rings. The summed E-state index contributed by atoms with van der Waals surface area (Å²) in [5, 5.41) is 12.1. The summed E-state index contributed by atoms with van der Waals surface area (Å²) < 4.78 is 13.5. The Balaban J connectivity index is 2.66. The zero-order valence-electron chi connectivity index (χ0n) is 11.3. The van der Waals surface area contributed by atoms with Gasteiger partial charge in [0.05, 0.1) is 0 Å². The third-order valence-corrected chi connectivity index (χ3v) is 3.37. The minimum absolute atomic E-state index is 0.173. The predicted octanol–water partition coefficient (Wildman–Crippen LogP) is 2.02. The molecule has 0 aromatic heterocycles. The van der Waals surface area contributed by atoms with E-state index in [0.717, 1.165) is 18.9 Å². The van der Waals surface area contributed by atoms with E-state index in [1.54, 1.807) is 0 Å². The van der Waals surface area contributed by atoms with Gasteiger partial charge in [0.1, 0.15) is 17.1 Å². The summed E-state index contributed by atoms with van der Waals surface area (Å²) in [6.07, 6.45) is 1.86. The van der Waals surface area contributed by atoms with E-state index in [0.29, 0.717) is 5.92 Å². The molecule has 1 unspecified atom stereocenters. The van der Waals surface area contributed by atoms with Gasteiger partial charge in [-0.15, -0.1) is 0 Å². The van der Waals surface area contributed by atoms with Crippen molar-refractivity contribution in [3.8, 4) is 5.75 Å². The van der Waals surface area contributed by atoms with Gasteiger partial charge in [0.25, 0.3) is 5.91 Å². The van der Waals surface area contributed by atoms with Crippen molar-refractivity contribution in [1.82, 2.24) is 5.32 Å². The number of benzene rings is 1. The number of nitrogens with one attached hydrogen (secondary N) is 1. The topological polar surface area (TPSA) is 75.3 Å². The zero-order chi connectivity index (χ0) is 14.4. The minimum atomic E-state index is -0.742. The van der Waals surface area contributed by atoms with E-state index in [9.17, 15) is 14.3 Å². The highest BCUT2D eigenvalue weighted by Gasteiger charge is 2.19. The van der Waals surface area contributed by atoms with Crippen LogP contribution in [0, 0.1) is 11.7 Å². The standard InChI is InChI=1S/C14H21FN2O2/c1-3-9(4-2)11(16)8-17-14(19)13-10(15)6-5-7-12(13)18/h5-7,9,11,18H,3-4,8,16H2,1-2H3,(H,17,19). The van der Waals surface area contributed by atoms with Crippen molar-refractivity contribution >= 4 is 5.91 Å². The average Bonchev–Trinajstić information content (AvgIpc) is 2.37. The molecule has 0 heterocycles. The normalized spacial score (nSPS) is 12.5. The van der Waals surface area contributed by atoms with Crippen LogP contribution in [0.3, 0.4) is 0 Å². The molecule has 0 aliphatic carbocycles. The second-order valence-corrected chi connectivity index (χ2v) is 4.58. The number of aromatic hydroxyl groups is 1. The first kappa shape index (κ1) is 15.4. The van der Waals surface area contributed by atoms with Crippen LogP contribution in [-0.2, 0) is 0 Å².